The van der Waals surface area contributed by atoms with Gasteiger partial charge in [0.25, 0.3) is 5.91 Å². The fourth-order valence-corrected chi connectivity index (χ4v) is 3.45. The van der Waals surface area contributed by atoms with E-state index in [9.17, 15) is 22.8 Å². The Morgan fingerprint density at radius 1 is 1.03 bits per heavy atom. The van der Waals surface area contributed by atoms with Crippen molar-refractivity contribution in [3.8, 4) is 0 Å². The first kappa shape index (κ1) is 21.2. The molecular weight excluding hydrogens is 423 g/mol. The minimum absolute atomic E-state index is 0.0613. The Hall–Kier alpha value is -4.01. The van der Waals surface area contributed by atoms with Crippen LogP contribution in [0.25, 0.3) is 10.9 Å². The van der Waals surface area contributed by atoms with Crippen molar-refractivity contribution < 1.29 is 27.2 Å². The average Bonchev–Trinajstić information content (AvgIpc) is 3.37. The zero-order valence-corrected chi connectivity index (χ0v) is 16.9. The van der Waals surface area contributed by atoms with Crippen LogP contribution in [-0.2, 0) is 17.5 Å². The normalized spacial score (nSPS) is 11.5. The van der Waals surface area contributed by atoms with E-state index >= 15 is 0 Å². The minimum Gasteiger partial charge on any atom is -0.472 e. The first-order chi connectivity index (χ1) is 15.2. The standard InChI is InChI=1S/C23H18F3N3O3/c1-14-10-15-4-2-3-5-20(15)29(14)12-21(30)28-19-7-6-17(11-18(19)23(24,25)26)27-22(31)16-8-9-32-13-16/h2-11,13H,12H2,1H3,(H,27,31)(H,28,30). The number of rotatable bonds is 5. The number of amides is 2. The van der Waals surface area contributed by atoms with Crippen LogP contribution in [0.5, 0.6) is 0 Å². The highest BCUT2D eigenvalue weighted by Crippen LogP contribution is 2.37. The largest absolute Gasteiger partial charge is 0.472 e. The molecule has 6 nitrogen and oxygen atoms in total. The van der Waals surface area contributed by atoms with Gasteiger partial charge in [-0.15, -0.1) is 0 Å². The Bertz CT molecular complexity index is 1290. The monoisotopic (exact) mass is 441 g/mol. The highest BCUT2D eigenvalue weighted by Gasteiger charge is 2.34. The Morgan fingerprint density at radius 2 is 1.81 bits per heavy atom. The van der Waals surface area contributed by atoms with E-state index in [4.69, 9.17) is 4.42 Å². The number of alkyl halides is 3. The fourth-order valence-electron chi connectivity index (χ4n) is 3.45. The third kappa shape index (κ3) is 4.36. The van der Waals surface area contributed by atoms with E-state index in [0.717, 1.165) is 28.7 Å². The summed E-state index contributed by atoms with van der Waals surface area (Å²) in [5.74, 6) is -1.21. The highest BCUT2D eigenvalue weighted by atomic mass is 19.4. The summed E-state index contributed by atoms with van der Waals surface area (Å²) >= 11 is 0. The topological polar surface area (TPSA) is 76.3 Å². The van der Waals surface area contributed by atoms with E-state index in [1.165, 1.54) is 24.7 Å². The van der Waals surface area contributed by atoms with Crippen LogP contribution >= 0.6 is 0 Å². The number of furan rings is 1. The Balaban J connectivity index is 1.56. The molecule has 0 aliphatic carbocycles. The Morgan fingerprint density at radius 3 is 2.53 bits per heavy atom. The van der Waals surface area contributed by atoms with Crippen LogP contribution in [0.15, 0.2) is 71.5 Å². The summed E-state index contributed by atoms with van der Waals surface area (Å²) < 4.78 is 47.5. The maximum atomic E-state index is 13.7. The predicted molar refractivity (Wildman–Crippen MR) is 113 cm³/mol. The maximum Gasteiger partial charge on any atom is 0.418 e. The van der Waals surface area contributed by atoms with E-state index in [1.54, 1.807) is 4.57 Å². The van der Waals surface area contributed by atoms with Gasteiger partial charge >= 0.3 is 6.18 Å². The number of benzene rings is 2. The number of aryl methyl sites for hydroxylation is 1. The average molecular weight is 441 g/mol. The van der Waals surface area contributed by atoms with Gasteiger partial charge in [-0.1, -0.05) is 18.2 Å². The van der Waals surface area contributed by atoms with Crippen LogP contribution in [0.2, 0.25) is 0 Å². The van der Waals surface area contributed by atoms with Gasteiger partial charge in [0.15, 0.2) is 0 Å². The number of aromatic nitrogens is 1. The van der Waals surface area contributed by atoms with E-state index in [0.29, 0.717) is 0 Å². The minimum atomic E-state index is -4.74. The second kappa shape index (κ2) is 8.26. The summed E-state index contributed by atoms with van der Waals surface area (Å²) in [5.41, 5.74) is 0.282. The first-order valence-electron chi connectivity index (χ1n) is 9.62. The third-order valence-corrected chi connectivity index (χ3v) is 4.96. The summed E-state index contributed by atoms with van der Waals surface area (Å²) in [6.07, 6.45) is -2.28. The molecule has 2 amide bonds. The molecule has 0 atom stereocenters. The Labute approximate surface area is 180 Å². The van der Waals surface area contributed by atoms with Gasteiger partial charge in [0.05, 0.1) is 23.1 Å². The molecule has 4 aromatic rings. The number of nitrogens with one attached hydrogen (secondary N) is 2. The lowest BCUT2D eigenvalue weighted by Crippen LogP contribution is -2.22. The molecule has 0 saturated carbocycles. The number of anilines is 2. The zero-order valence-electron chi connectivity index (χ0n) is 16.9. The molecular formula is C23H18F3N3O3. The quantitative estimate of drug-likeness (QED) is 0.432. The lowest BCUT2D eigenvalue weighted by Gasteiger charge is -2.16. The summed E-state index contributed by atoms with van der Waals surface area (Å²) in [4.78, 5) is 24.7. The van der Waals surface area contributed by atoms with Gasteiger partial charge in [-0.05, 0) is 48.7 Å². The second-order valence-corrected chi connectivity index (χ2v) is 7.20. The van der Waals surface area contributed by atoms with Crippen LogP contribution in [0, 0.1) is 6.92 Å². The molecule has 2 aromatic carbocycles. The SMILES string of the molecule is Cc1cc2ccccc2n1CC(=O)Nc1ccc(NC(=O)c2ccoc2)cc1C(F)(F)F. The van der Waals surface area contributed by atoms with Crippen molar-refractivity contribution in [1.29, 1.82) is 0 Å². The number of carbonyl (C=O) groups is 2. The number of halogens is 3. The molecule has 0 unspecified atom stereocenters. The second-order valence-electron chi connectivity index (χ2n) is 7.20. The van der Waals surface area contributed by atoms with Crippen molar-refractivity contribution in [2.24, 2.45) is 0 Å². The number of nitrogens with zero attached hydrogens (tertiary/aromatic N) is 1. The van der Waals surface area contributed by atoms with Crippen molar-refractivity contribution in [1.82, 2.24) is 4.57 Å². The molecule has 0 aliphatic rings. The number of hydrogen-bond donors (Lipinski definition) is 2. The van der Waals surface area contributed by atoms with Gasteiger partial charge in [0.1, 0.15) is 12.8 Å². The molecule has 32 heavy (non-hydrogen) atoms. The molecule has 2 aromatic heterocycles. The lowest BCUT2D eigenvalue weighted by atomic mass is 10.1. The van der Waals surface area contributed by atoms with Gasteiger partial charge in [0, 0.05) is 16.9 Å². The highest BCUT2D eigenvalue weighted by molar-refractivity contribution is 6.04. The molecule has 0 saturated heterocycles. The third-order valence-electron chi connectivity index (χ3n) is 4.96. The number of carbonyl (C=O) groups excluding carboxylic acids is 2. The summed E-state index contributed by atoms with van der Waals surface area (Å²) in [7, 11) is 0. The van der Waals surface area contributed by atoms with E-state index < -0.39 is 29.2 Å². The molecule has 9 heteroatoms. The van der Waals surface area contributed by atoms with Gasteiger partial charge < -0.3 is 19.6 Å². The smallest absolute Gasteiger partial charge is 0.418 e. The molecule has 0 aliphatic heterocycles. The van der Waals surface area contributed by atoms with Crippen molar-refractivity contribution >= 4 is 34.1 Å². The van der Waals surface area contributed by atoms with Crippen LogP contribution in [0.4, 0.5) is 24.5 Å². The number of hydrogen-bond acceptors (Lipinski definition) is 3. The van der Waals surface area contributed by atoms with E-state index in [2.05, 4.69) is 10.6 Å². The molecule has 2 N–H and O–H groups in total. The molecule has 0 bridgehead atoms. The van der Waals surface area contributed by atoms with Gasteiger partial charge in [-0.3, -0.25) is 9.59 Å². The van der Waals surface area contributed by atoms with Crippen molar-refractivity contribution in [3.63, 3.8) is 0 Å². The maximum absolute atomic E-state index is 13.7. The van der Waals surface area contributed by atoms with E-state index in [-0.39, 0.29) is 17.8 Å². The molecule has 4 rings (SSSR count). The van der Waals surface area contributed by atoms with Crippen molar-refractivity contribution in [3.05, 3.63) is 83.9 Å². The van der Waals surface area contributed by atoms with Crippen LogP contribution in [0.3, 0.4) is 0 Å². The molecule has 0 spiro atoms. The van der Waals surface area contributed by atoms with Crippen LogP contribution < -0.4 is 10.6 Å². The number of para-hydroxylation sites is 1. The Kier molecular flexibility index (Phi) is 5.48. The van der Waals surface area contributed by atoms with Crippen molar-refractivity contribution in [2.75, 3.05) is 10.6 Å². The summed E-state index contributed by atoms with van der Waals surface area (Å²) in [6, 6.07) is 13.9. The first-order valence-corrected chi connectivity index (χ1v) is 9.62. The summed E-state index contributed by atoms with van der Waals surface area (Å²) in [6.45, 7) is 1.68. The zero-order chi connectivity index (χ0) is 22.9. The predicted octanol–water partition coefficient (Wildman–Crippen LogP) is 5.45. The fraction of sp³-hybridized carbons (Fsp3) is 0.130. The van der Waals surface area contributed by atoms with Crippen LogP contribution in [0.1, 0.15) is 21.6 Å². The van der Waals surface area contributed by atoms with Crippen LogP contribution in [-0.4, -0.2) is 16.4 Å². The van der Waals surface area contributed by atoms with Crippen molar-refractivity contribution in [2.45, 2.75) is 19.6 Å². The van der Waals surface area contributed by atoms with E-state index in [1.807, 2.05) is 37.3 Å². The lowest BCUT2D eigenvalue weighted by molar-refractivity contribution is -0.136. The summed E-state index contributed by atoms with van der Waals surface area (Å²) in [5, 5.41) is 5.67. The molecule has 0 fully saturated rings. The molecule has 2 heterocycles. The molecule has 164 valence electrons. The van der Waals surface area contributed by atoms with Gasteiger partial charge in [-0.25, -0.2) is 0 Å². The van der Waals surface area contributed by atoms with Gasteiger partial charge in [-0.2, -0.15) is 13.2 Å². The number of fused-ring (bicyclic) bond motifs is 1. The molecule has 0 radical (unpaired) electrons. The van der Waals surface area contributed by atoms with Gasteiger partial charge in [0.2, 0.25) is 5.91 Å².